The van der Waals surface area contributed by atoms with Gasteiger partial charge in [-0.2, -0.15) is 5.10 Å². The normalized spacial score (nSPS) is 11.0. The summed E-state index contributed by atoms with van der Waals surface area (Å²) in [6.45, 7) is 4.60. The molecule has 0 unspecified atom stereocenters. The van der Waals surface area contributed by atoms with Gasteiger partial charge in [0.1, 0.15) is 5.82 Å². The molecule has 3 aromatic rings. The average Bonchev–Trinajstić information content (AvgIpc) is 3.04. The molecule has 0 saturated heterocycles. The Labute approximate surface area is 121 Å². The van der Waals surface area contributed by atoms with Crippen LogP contribution in [0.15, 0.2) is 34.7 Å². The van der Waals surface area contributed by atoms with E-state index in [-0.39, 0.29) is 11.7 Å². The van der Waals surface area contributed by atoms with Crippen molar-refractivity contribution < 1.29 is 8.81 Å². The number of halogens is 1. The van der Waals surface area contributed by atoms with Crippen LogP contribution < -0.4 is 0 Å². The van der Waals surface area contributed by atoms with E-state index in [0.717, 1.165) is 11.4 Å². The lowest BCUT2D eigenvalue weighted by Crippen LogP contribution is -2.05. The van der Waals surface area contributed by atoms with Gasteiger partial charge in [-0.15, -0.1) is 10.2 Å². The number of rotatable bonds is 4. The average molecular weight is 286 g/mol. The molecule has 6 heteroatoms. The fraction of sp³-hybridized carbons (Fsp3) is 0.267. The first kappa shape index (κ1) is 13.5. The first-order valence-electron chi connectivity index (χ1n) is 6.72. The van der Waals surface area contributed by atoms with Crippen LogP contribution in [0.4, 0.5) is 4.39 Å². The molecule has 0 aliphatic rings. The zero-order chi connectivity index (χ0) is 14.8. The predicted octanol–water partition coefficient (Wildman–Crippen LogP) is 2.93. The number of aromatic nitrogens is 4. The molecule has 108 valence electrons. The molecule has 0 saturated carbocycles. The highest BCUT2D eigenvalue weighted by Crippen LogP contribution is 2.21. The summed E-state index contributed by atoms with van der Waals surface area (Å²) in [4.78, 5) is 0. The van der Waals surface area contributed by atoms with Gasteiger partial charge >= 0.3 is 0 Å². The molecule has 0 N–H and O–H groups in total. The summed E-state index contributed by atoms with van der Waals surface area (Å²) in [5.41, 5.74) is 2.38. The van der Waals surface area contributed by atoms with Crippen LogP contribution >= 0.6 is 0 Å². The van der Waals surface area contributed by atoms with Crippen molar-refractivity contribution in [3.8, 4) is 11.5 Å². The number of hydrogen-bond donors (Lipinski definition) is 0. The molecule has 21 heavy (non-hydrogen) atoms. The third-order valence-electron chi connectivity index (χ3n) is 3.21. The van der Waals surface area contributed by atoms with E-state index in [1.165, 1.54) is 6.07 Å². The fourth-order valence-corrected chi connectivity index (χ4v) is 2.20. The van der Waals surface area contributed by atoms with Gasteiger partial charge < -0.3 is 4.42 Å². The quantitative estimate of drug-likeness (QED) is 0.740. The second kappa shape index (κ2) is 5.47. The van der Waals surface area contributed by atoms with E-state index in [1.54, 1.807) is 18.2 Å². The second-order valence-electron chi connectivity index (χ2n) is 4.88. The SMILES string of the molecule is Cc1cc(C)n(CCc2nnc(-c3ccccc3F)o2)n1. The van der Waals surface area contributed by atoms with Crippen molar-refractivity contribution in [2.24, 2.45) is 0 Å². The van der Waals surface area contributed by atoms with E-state index in [2.05, 4.69) is 15.3 Å². The molecule has 0 bridgehead atoms. The Morgan fingerprint density at radius 1 is 1.19 bits per heavy atom. The molecule has 3 rings (SSSR count). The lowest BCUT2D eigenvalue weighted by molar-refractivity contribution is 0.469. The van der Waals surface area contributed by atoms with E-state index < -0.39 is 0 Å². The van der Waals surface area contributed by atoms with Gasteiger partial charge in [-0.1, -0.05) is 12.1 Å². The highest BCUT2D eigenvalue weighted by atomic mass is 19.1. The minimum absolute atomic E-state index is 0.205. The molecule has 0 aliphatic heterocycles. The van der Waals surface area contributed by atoms with Crippen molar-refractivity contribution in [2.45, 2.75) is 26.8 Å². The molecule has 0 amide bonds. The van der Waals surface area contributed by atoms with Gasteiger partial charge in [-0.25, -0.2) is 4.39 Å². The van der Waals surface area contributed by atoms with Crippen molar-refractivity contribution in [3.63, 3.8) is 0 Å². The van der Waals surface area contributed by atoms with Crippen LogP contribution in [0, 0.1) is 19.7 Å². The molecular formula is C15H15FN4O. The van der Waals surface area contributed by atoms with Crippen LogP contribution in [0.1, 0.15) is 17.3 Å². The van der Waals surface area contributed by atoms with Crippen molar-refractivity contribution in [3.05, 3.63) is 53.4 Å². The van der Waals surface area contributed by atoms with Crippen molar-refractivity contribution in [1.29, 1.82) is 0 Å². The van der Waals surface area contributed by atoms with Crippen molar-refractivity contribution in [1.82, 2.24) is 20.0 Å². The Kier molecular flexibility index (Phi) is 3.51. The Morgan fingerprint density at radius 3 is 2.71 bits per heavy atom. The number of aryl methyl sites for hydroxylation is 4. The summed E-state index contributed by atoms with van der Waals surface area (Å²) in [5.74, 6) is 0.309. The van der Waals surface area contributed by atoms with Gasteiger partial charge in [0.25, 0.3) is 5.89 Å². The number of benzene rings is 1. The lowest BCUT2D eigenvalue weighted by Gasteiger charge is -2.01. The highest BCUT2D eigenvalue weighted by Gasteiger charge is 2.12. The number of hydrogen-bond acceptors (Lipinski definition) is 4. The molecular weight excluding hydrogens is 271 g/mol. The maximum atomic E-state index is 13.6. The zero-order valence-electron chi connectivity index (χ0n) is 11.9. The van der Waals surface area contributed by atoms with Gasteiger partial charge in [0.2, 0.25) is 5.89 Å². The Bertz CT molecular complexity index is 763. The van der Waals surface area contributed by atoms with Crippen LogP contribution in [0.3, 0.4) is 0 Å². The Hall–Kier alpha value is -2.50. The van der Waals surface area contributed by atoms with Crippen molar-refractivity contribution in [2.75, 3.05) is 0 Å². The van der Waals surface area contributed by atoms with Crippen LogP contribution in [0.5, 0.6) is 0 Å². The predicted molar refractivity (Wildman–Crippen MR) is 75.1 cm³/mol. The van der Waals surface area contributed by atoms with Gasteiger partial charge in [0, 0.05) is 18.7 Å². The van der Waals surface area contributed by atoms with Crippen LogP contribution in [0.25, 0.3) is 11.5 Å². The molecule has 0 radical (unpaired) electrons. The molecule has 5 nitrogen and oxygen atoms in total. The minimum Gasteiger partial charge on any atom is -0.421 e. The Balaban J connectivity index is 1.74. The van der Waals surface area contributed by atoms with Crippen LogP contribution in [-0.2, 0) is 13.0 Å². The van der Waals surface area contributed by atoms with E-state index in [0.29, 0.717) is 24.4 Å². The Morgan fingerprint density at radius 2 is 2.00 bits per heavy atom. The molecule has 2 heterocycles. The highest BCUT2D eigenvalue weighted by molar-refractivity contribution is 5.53. The van der Waals surface area contributed by atoms with E-state index >= 15 is 0 Å². The van der Waals surface area contributed by atoms with Gasteiger partial charge in [-0.05, 0) is 32.0 Å². The topological polar surface area (TPSA) is 56.7 Å². The van der Waals surface area contributed by atoms with Crippen LogP contribution in [0.2, 0.25) is 0 Å². The maximum Gasteiger partial charge on any atom is 0.250 e. The summed E-state index contributed by atoms with van der Waals surface area (Å²) in [6.07, 6.45) is 0.559. The van der Waals surface area contributed by atoms with Crippen molar-refractivity contribution >= 4 is 0 Å². The first-order valence-corrected chi connectivity index (χ1v) is 6.72. The molecule has 0 spiro atoms. The molecule has 2 aromatic heterocycles. The number of nitrogens with zero attached hydrogens (tertiary/aromatic N) is 4. The minimum atomic E-state index is -0.369. The summed E-state index contributed by atoms with van der Waals surface area (Å²) >= 11 is 0. The van der Waals surface area contributed by atoms with Gasteiger partial charge in [-0.3, -0.25) is 4.68 Å². The largest absolute Gasteiger partial charge is 0.421 e. The molecule has 0 fully saturated rings. The second-order valence-corrected chi connectivity index (χ2v) is 4.88. The van der Waals surface area contributed by atoms with E-state index in [9.17, 15) is 4.39 Å². The molecule has 1 aromatic carbocycles. The summed E-state index contributed by atoms with van der Waals surface area (Å²) < 4.78 is 21.1. The van der Waals surface area contributed by atoms with Crippen LogP contribution in [-0.4, -0.2) is 20.0 Å². The smallest absolute Gasteiger partial charge is 0.250 e. The van der Waals surface area contributed by atoms with E-state index in [4.69, 9.17) is 4.42 Å². The summed E-state index contributed by atoms with van der Waals surface area (Å²) in [7, 11) is 0. The summed E-state index contributed by atoms with van der Waals surface area (Å²) in [6, 6.07) is 8.36. The first-order chi connectivity index (χ1) is 10.1. The third kappa shape index (κ3) is 2.84. The standard InChI is InChI=1S/C15H15FN4O/c1-10-9-11(2)20(19-10)8-7-14-17-18-15(21-14)12-5-3-4-6-13(12)16/h3-6,9H,7-8H2,1-2H3. The van der Waals surface area contributed by atoms with Gasteiger partial charge in [0.15, 0.2) is 0 Å². The maximum absolute atomic E-state index is 13.6. The van der Waals surface area contributed by atoms with Gasteiger partial charge in [0.05, 0.1) is 11.3 Å². The zero-order valence-corrected chi connectivity index (χ0v) is 11.9. The van der Waals surface area contributed by atoms with E-state index in [1.807, 2.05) is 24.6 Å². The molecule has 0 aliphatic carbocycles. The third-order valence-corrected chi connectivity index (χ3v) is 3.21. The summed E-state index contributed by atoms with van der Waals surface area (Å²) in [5, 5.41) is 12.2. The molecule has 0 atom stereocenters. The monoisotopic (exact) mass is 286 g/mol. The lowest BCUT2D eigenvalue weighted by atomic mass is 10.2. The fourth-order valence-electron chi connectivity index (χ4n) is 2.20.